The molecule has 1 aliphatic heterocycles. The molecule has 1 saturated heterocycles. The Bertz CT molecular complexity index is 401. The molecule has 0 radical (unpaired) electrons. The van der Waals surface area contributed by atoms with Crippen molar-refractivity contribution in [1.82, 2.24) is 10.2 Å². The third-order valence-electron chi connectivity index (χ3n) is 3.34. The zero-order valence-corrected chi connectivity index (χ0v) is 13.0. The summed E-state index contributed by atoms with van der Waals surface area (Å²) in [6.45, 7) is 2.70. The van der Waals surface area contributed by atoms with Crippen LogP contribution in [0.5, 0.6) is 0 Å². The number of hydrogen-bond donors (Lipinski definition) is 1. The van der Waals surface area contributed by atoms with Crippen LogP contribution in [0.25, 0.3) is 0 Å². The van der Waals surface area contributed by atoms with E-state index in [0.717, 1.165) is 43.4 Å². The molecule has 5 heteroatoms. The van der Waals surface area contributed by atoms with E-state index in [-0.39, 0.29) is 11.8 Å². The zero-order chi connectivity index (χ0) is 13.0. The van der Waals surface area contributed by atoms with E-state index in [1.807, 2.05) is 11.9 Å². The number of amides is 1. The van der Waals surface area contributed by atoms with Crippen LogP contribution in [-0.2, 0) is 11.2 Å². The van der Waals surface area contributed by atoms with Gasteiger partial charge in [-0.1, -0.05) is 0 Å². The summed E-state index contributed by atoms with van der Waals surface area (Å²) in [4.78, 5) is 15.4. The fourth-order valence-corrected chi connectivity index (χ4v) is 3.69. The average Bonchev–Trinajstić information content (AvgIpc) is 2.82. The van der Waals surface area contributed by atoms with Crippen molar-refractivity contribution in [3.8, 4) is 0 Å². The first-order valence-corrected chi connectivity index (χ1v) is 8.02. The van der Waals surface area contributed by atoms with Gasteiger partial charge in [0.05, 0.1) is 5.92 Å². The molecule has 0 bridgehead atoms. The number of halogens is 1. The molecule has 1 unspecified atom stereocenters. The second-order valence-electron chi connectivity index (χ2n) is 4.78. The highest BCUT2D eigenvalue weighted by Gasteiger charge is 2.23. The van der Waals surface area contributed by atoms with Crippen LogP contribution in [0.3, 0.4) is 0 Å². The summed E-state index contributed by atoms with van der Waals surface area (Å²) < 4.78 is 1.13. The molecule has 1 amide bonds. The lowest BCUT2D eigenvalue weighted by Crippen LogP contribution is -2.42. The molecule has 1 aromatic rings. The van der Waals surface area contributed by atoms with Crippen LogP contribution in [0.1, 0.15) is 17.7 Å². The maximum atomic E-state index is 12.2. The fourth-order valence-electron chi connectivity index (χ4n) is 2.25. The molecule has 0 spiro atoms. The van der Waals surface area contributed by atoms with Crippen LogP contribution in [0.15, 0.2) is 15.9 Å². The molecule has 1 fully saturated rings. The number of carbonyl (C=O) groups excluding carboxylic acids is 1. The van der Waals surface area contributed by atoms with Crippen molar-refractivity contribution in [2.75, 3.05) is 26.7 Å². The molecule has 18 heavy (non-hydrogen) atoms. The summed E-state index contributed by atoms with van der Waals surface area (Å²) in [7, 11) is 1.92. The standard InChI is InChI=1S/C13H19BrN2OS/c1-16(6-4-12-7-11(14)9-18-12)13(17)10-3-2-5-15-8-10/h7,9-10,15H,2-6,8H2,1H3. The summed E-state index contributed by atoms with van der Waals surface area (Å²) >= 11 is 5.19. The number of rotatable bonds is 4. The van der Waals surface area contributed by atoms with Crippen LogP contribution in [-0.4, -0.2) is 37.5 Å². The molecule has 2 rings (SSSR count). The van der Waals surface area contributed by atoms with E-state index >= 15 is 0 Å². The van der Waals surface area contributed by atoms with Crippen LogP contribution in [0, 0.1) is 5.92 Å². The van der Waals surface area contributed by atoms with Gasteiger partial charge in [0.15, 0.2) is 0 Å². The van der Waals surface area contributed by atoms with Gasteiger partial charge in [0.25, 0.3) is 0 Å². The summed E-state index contributed by atoms with van der Waals surface area (Å²) in [6, 6.07) is 2.13. The monoisotopic (exact) mass is 330 g/mol. The average molecular weight is 331 g/mol. The minimum Gasteiger partial charge on any atom is -0.345 e. The lowest BCUT2D eigenvalue weighted by atomic mass is 9.98. The number of nitrogens with one attached hydrogen (secondary N) is 1. The van der Waals surface area contributed by atoms with Gasteiger partial charge in [-0.3, -0.25) is 4.79 Å². The molecule has 2 heterocycles. The Hall–Kier alpha value is -0.390. The van der Waals surface area contributed by atoms with E-state index in [4.69, 9.17) is 0 Å². The number of nitrogens with zero attached hydrogens (tertiary/aromatic N) is 1. The van der Waals surface area contributed by atoms with Crippen LogP contribution >= 0.6 is 27.3 Å². The molecule has 3 nitrogen and oxygen atoms in total. The SMILES string of the molecule is CN(CCc1cc(Br)cs1)C(=O)C1CCCNC1. The summed E-state index contributed by atoms with van der Waals surface area (Å²) in [6.07, 6.45) is 3.08. The number of piperidine rings is 1. The fraction of sp³-hybridized carbons (Fsp3) is 0.615. The zero-order valence-electron chi connectivity index (χ0n) is 10.6. The van der Waals surface area contributed by atoms with E-state index in [9.17, 15) is 4.79 Å². The number of thiophene rings is 1. The van der Waals surface area contributed by atoms with Gasteiger partial charge in [0.2, 0.25) is 5.91 Å². The van der Waals surface area contributed by atoms with Crippen molar-refractivity contribution >= 4 is 33.2 Å². The van der Waals surface area contributed by atoms with Gasteiger partial charge in [0, 0.05) is 34.9 Å². The Labute approximate surface area is 121 Å². The first kappa shape index (κ1) is 14.0. The van der Waals surface area contributed by atoms with Gasteiger partial charge in [-0.2, -0.15) is 0 Å². The molecular formula is C13H19BrN2OS. The van der Waals surface area contributed by atoms with E-state index in [1.54, 1.807) is 11.3 Å². The highest BCUT2D eigenvalue weighted by atomic mass is 79.9. The first-order valence-electron chi connectivity index (χ1n) is 6.35. The van der Waals surface area contributed by atoms with Gasteiger partial charge in [0.1, 0.15) is 0 Å². The lowest BCUT2D eigenvalue weighted by Gasteiger charge is -2.26. The number of carbonyl (C=O) groups is 1. The van der Waals surface area contributed by atoms with Crippen molar-refractivity contribution in [1.29, 1.82) is 0 Å². The highest BCUT2D eigenvalue weighted by molar-refractivity contribution is 9.10. The topological polar surface area (TPSA) is 32.3 Å². The number of likely N-dealkylation sites (N-methyl/N-ethyl adjacent to an activating group) is 1. The second-order valence-corrected chi connectivity index (χ2v) is 6.70. The van der Waals surface area contributed by atoms with Crippen molar-refractivity contribution in [2.45, 2.75) is 19.3 Å². The molecule has 100 valence electrons. The molecule has 1 aromatic heterocycles. The Kier molecular flexibility index (Phi) is 5.21. The van der Waals surface area contributed by atoms with Gasteiger partial charge >= 0.3 is 0 Å². The molecule has 0 aliphatic carbocycles. The predicted octanol–water partition coefficient (Wildman–Crippen LogP) is 2.51. The maximum Gasteiger partial charge on any atom is 0.226 e. The Morgan fingerprint density at radius 3 is 3.11 bits per heavy atom. The van der Waals surface area contributed by atoms with Gasteiger partial charge < -0.3 is 10.2 Å². The number of hydrogen-bond acceptors (Lipinski definition) is 3. The minimum atomic E-state index is 0.179. The highest BCUT2D eigenvalue weighted by Crippen LogP contribution is 2.20. The van der Waals surface area contributed by atoms with E-state index in [0.29, 0.717) is 0 Å². The van der Waals surface area contributed by atoms with Crippen molar-refractivity contribution < 1.29 is 4.79 Å². The van der Waals surface area contributed by atoms with Crippen molar-refractivity contribution in [2.24, 2.45) is 5.92 Å². The molecular weight excluding hydrogens is 312 g/mol. The first-order chi connectivity index (χ1) is 8.66. The second kappa shape index (κ2) is 6.68. The normalized spacial score (nSPS) is 19.8. The molecule has 0 saturated carbocycles. The van der Waals surface area contributed by atoms with Crippen LogP contribution in [0.4, 0.5) is 0 Å². The van der Waals surface area contributed by atoms with Crippen molar-refractivity contribution in [3.63, 3.8) is 0 Å². The minimum absolute atomic E-state index is 0.179. The molecule has 1 atom stereocenters. The van der Waals surface area contributed by atoms with E-state index < -0.39 is 0 Å². The molecule has 1 aliphatic rings. The van der Waals surface area contributed by atoms with Gasteiger partial charge in [-0.25, -0.2) is 0 Å². The van der Waals surface area contributed by atoms with Crippen LogP contribution < -0.4 is 5.32 Å². The van der Waals surface area contributed by atoms with E-state index in [1.165, 1.54) is 4.88 Å². The van der Waals surface area contributed by atoms with Crippen LogP contribution in [0.2, 0.25) is 0 Å². The smallest absolute Gasteiger partial charge is 0.226 e. The molecule has 1 N–H and O–H groups in total. The van der Waals surface area contributed by atoms with Crippen molar-refractivity contribution in [3.05, 3.63) is 20.8 Å². The maximum absolute atomic E-state index is 12.2. The largest absolute Gasteiger partial charge is 0.345 e. The lowest BCUT2D eigenvalue weighted by molar-refractivity contribution is -0.134. The Morgan fingerprint density at radius 1 is 1.67 bits per heavy atom. The summed E-state index contributed by atoms with van der Waals surface area (Å²) in [5.74, 6) is 0.469. The third kappa shape index (κ3) is 3.80. The van der Waals surface area contributed by atoms with E-state index in [2.05, 4.69) is 32.7 Å². The predicted molar refractivity (Wildman–Crippen MR) is 79.0 cm³/mol. The van der Waals surface area contributed by atoms with Gasteiger partial charge in [-0.15, -0.1) is 11.3 Å². The quantitative estimate of drug-likeness (QED) is 0.919. The van der Waals surface area contributed by atoms with Gasteiger partial charge in [-0.05, 0) is 47.8 Å². The Balaban J connectivity index is 1.79. The summed E-state index contributed by atoms with van der Waals surface area (Å²) in [5.41, 5.74) is 0. The third-order valence-corrected chi connectivity index (χ3v) is 5.10. The summed E-state index contributed by atoms with van der Waals surface area (Å²) in [5, 5.41) is 5.38. The molecule has 0 aromatic carbocycles. The Morgan fingerprint density at radius 2 is 2.50 bits per heavy atom.